The zero-order chi connectivity index (χ0) is 21.3. The average molecular weight is 431 g/mol. The summed E-state index contributed by atoms with van der Waals surface area (Å²) < 4.78 is 47.1. The molecule has 1 aromatic heterocycles. The van der Waals surface area contributed by atoms with Crippen LogP contribution in [-0.4, -0.2) is 28.3 Å². The summed E-state index contributed by atoms with van der Waals surface area (Å²) in [5, 5.41) is 9.88. The van der Waals surface area contributed by atoms with Crippen LogP contribution in [0.1, 0.15) is 18.4 Å². The number of aromatic nitrogens is 1. The molecule has 3 aromatic rings. The van der Waals surface area contributed by atoms with E-state index in [0.29, 0.717) is 10.5 Å². The lowest BCUT2D eigenvalue weighted by Crippen LogP contribution is -2.31. The molecule has 2 aromatic carbocycles. The molecule has 1 aliphatic rings. The van der Waals surface area contributed by atoms with Crippen molar-refractivity contribution in [2.45, 2.75) is 34.8 Å². The number of halogens is 3. The lowest BCUT2D eigenvalue weighted by atomic mass is 10.0. The van der Waals surface area contributed by atoms with E-state index < -0.39 is 35.6 Å². The van der Waals surface area contributed by atoms with Gasteiger partial charge in [0.2, 0.25) is 0 Å². The summed E-state index contributed by atoms with van der Waals surface area (Å²) in [7, 11) is 0. The average Bonchev–Trinajstić information content (AvgIpc) is 2.72. The summed E-state index contributed by atoms with van der Waals surface area (Å²) in [6, 6.07) is 10.1. The van der Waals surface area contributed by atoms with Crippen LogP contribution in [0.2, 0.25) is 0 Å². The number of cyclic esters (lactones) is 1. The van der Waals surface area contributed by atoms with Crippen molar-refractivity contribution in [3.05, 3.63) is 71.7 Å². The lowest BCUT2D eigenvalue weighted by molar-refractivity contribution is -0.156. The quantitative estimate of drug-likeness (QED) is 0.471. The standard InChI is InChI=1S/C22H16F3NO3S/c23-17-10-16-21(20(25)19(17)24)26-11-12(22(16)30-15-4-2-1-3-5-15)6-7-14-8-13(27)9-18(28)29-14/h1-7,10-11,13-14,27H,8-9H2/b7-6-. The van der Waals surface area contributed by atoms with E-state index in [4.69, 9.17) is 4.74 Å². The molecule has 154 valence electrons. The second kappa shape index (κ2) is 8.49. The molecule has 2 heterocycles. The number of pyridine rings is 1. The number of carbonyl (C=O) groups excluding carboxylic acids is 1. The molecular weight excluding hydrogens is 415 g/mol. The fourth-order valence-electron chi connectivity index (χ4n) is 3.21. The molecule has 2 atom stereocenters. The van der Waals surface area contributed by atoms with Crippen LogP contribution in [0.15, 0.2) is 58.5 Å². The van der Waals surface area contributed by atoms with Crippen molar-refractivity contribution >= 4 is 34.7 Å². The number of esters is 1. The summed E-state index contributed by atoms with van der Waals surface area (Å²) >= 11 is 1.25. The van der Waals surface area contributed by atoms with Crippen molar-refractivity contribution in [3.63, 3.8) is 0 Å². The molecule has 2 unspecified atom stereocenters. The smallest absolute Gasteiger partial charge is 0.309 e. The van der Waals surface area contributed by atoms with Crippen LogP contribution >= 0.6 is 11.8 Å². The predicted octanol–water partition coefficient (Wildman–Crippen LogP) is 4.88. The Labute approximate surface area is 174 Å². The van der Waals surface area contributed by atoms with Gasteiger partial charge in [-0.3, -0.25) is 9.78 Å². The maximum absolute atomic E-state index is 14.3. The topological polar surface area (TPSA) is 59.4 Å². The molecule has 0 saturated carbocycles. The maximum Gasteiger partial charge on any atom is 0.309 e. The van der Waals surface area contributed by atoms with Gasteiger partial charge in [-0.2, -0.15) is 0 Å². The zero-order valence-corrected chi connectivity index (χ0v) is 16.3. The van der Waals surface area contributed by atoms with Crippen LogP contribution in [0.25, 0.3) is 17.0 Å². The number of nitrogens with zero attached hydrogens (tertiary/aromatic N) is 1. The zero-order valence-electron chi connectivity index (χ0n) is 15.5. The van der Waals surface area contributed by atoms with E-state index in [-0.39, 0.29) is 23.7 Å². The number of aliphatic hydroxyl groups excluding tert-OH is 1. The van der Waals surface area contributed by atoms with Gasteiger partial charge in [0.15, 0.2) is 17.5 Å². The highest BCUT2D eigenvalue weighted by atomic mass is 32.2. The molecule has 1 N–H and O–H groups in total. The van der Waals surface area contributed by atoms with Crippen LogP contribution in [-0.2, 0) is 9.53 Å². The highest BCUT2D eigenvalue weighted by Crippen LogP contribution is 2.38. The first-order chi connectivity index (χ1) is 14.4. The molecule has 4 nitrogen and oxygen atoms in total. The van der Waals surface area contributed by atoms with Crippen molar-refractivity contribution < 1.29 is 27.8 Å². The van der Waals surface area contributed by atoms with Gasteiger partial charge in [0.1, 0.15) is 11.6 Å². The molecule has 1 saturated heterocycles. The Kier molecular flexibility index (Phi) is 5.78. The second-order valence-corrected chi connectivity index (χ2v) is 7.91. The number of aliphatic hydroxyl groups is 1. The van der Waals surface area contributed by atoms with Crippen molar-refractivity contribution in [3.8, 4) is 0 Å². The SMILES string of the molecule is O=C1CC(O)CC(/C=C\c2cnc3c(F)c(F)c(F)cc3c2Sc2ccccc2)O1. The van der Waals surface area contributed by atoms with Crippen molar-refractivity contribution in [2.24, 2.45) is 0 Å². The van der Waals surface area contributed by atoms with Gasteiger partial charge in [0.25, 0.3) is 0 Å². The Morgan fingerprint density at radius 1 is 1.17 bits per heavy atom. The normalized spacial score (nSPS) is 19.4. The van der Waals surface area contributed by atoms with Gasteiger partial charge in [0, 0.05) is 33.4 Å². The first kappa shape index (κ1) is 20.4. The van der Waals surface area contributed by atoms with Crippen LogP contribution < -0.4 is 0 Å². The Morgan fingerprint density at radius 3 is 2.67 bits per heavy atom. The minimum atomic E-state index is -1.57. The first-order valence-corrected chi connectivity index (χ1v) is 9.99. The summed E-state index contributed by atoms with van der Waals surface area (Å²) in [5.74, 6) is -4.72. The van der Waals surface area contributed by atoms with Crippen LogP contribution in [0.5, 0.6) is 0 Å². The summed E-state index contributed by atoms with van der Waals surface area (Å²) in [4.78, 5) is 16.8. The van der Waals surface area contributed by atoms with E-state index in [2.05, 4.69) is 4.98 Å². The van der Waals surface area contributed by atoms with Crippen LogP contribution in [0.4, 0.5) is 13.2 Å². The van der Waals surface area contributed by atoms with Gasteiger partial charge < -0.3 is 9.84 Å². The molecule has 8 heteroatoms. The van der Waals surface area contributed by atoms with Crippen LogP contribution in [0.3, 0.4) is 0 Å². The fourth-order valence-corrected chi connectivity index (χ4v) is 4.24. The molecule has 1 fully saturated rings. The van der Waals surface area contributed by atoms with Gasteiger partial charge in [-0.15, -0.1) is 0 Å². The first-order valence-electron chi connectivity index (χ1n) is 9.17. The highest BCUT2D eigenvalue weighted by Gasteiger charge is 2.25. The van der Waals surface area contributed by atoms with E-state index >= 15 is 0 Å². The van der Waals surface area contributed by atoms with Gasteiger partial charge in [-0.25, -0.2) is 13.2 Å². The molecule has 0 amide bonds. The third-order valence-corrected chi connectivity index (χ3v) is 5.79. The summed E-state index contributed by atoms with van der Waals surface area (Å²) in [6.07, 6.45) is 3.33. The second-order valence-electron chi connectivity index (χ2n) is 6.82. The van der Waals surface area contributed by atoms with E-state index in [1.54, 1.807) is 12.2 Å². The largest absolute Gasteiger partial charge is 0.458 e. The molecule has 0 radical (unpaired) electrons. The minimum Gasteiger partial charge on any atom is -0.458 e. The Balaban J connectivity index is 1.80. The molecule has 30 heavy (non-hydrogen) atoms. The Hall–Kier alpha value is -2.84. The monoisotopic (exact) mass is 431 g/mol. The van der Waals surface area contributed by atoms with E-state index in [1.165, 1.54) is 18.0 Å². The fraction of sp³-hybridized carbons (Fsp3) is 0.182. The number of rotatable bonds is 4. The third-order valence-electron chi connectivity index (χ3n) is 4.62. The number of fused-ring (bicyclic) bond motifs is 1. The lowest BCUT2D eigenvalue weighted by Gasteiger charge is -2.23. The van der Waals surface area contributed by atoms with Gasteiger partial charge in [-0.05, 0) is 24.3 Å². The summed E-state index contributed by atoms with van der Waals surface area (Å²) in [6.45, 7) is 0. The third kappa shape index (κ3) is 4.20. The highest BCUT2D eigenvalue weighted by molar-refractivity contribution is 7.99. The number of hydrogen-bond acceptors (Lipinski definition) is 5. The molecule has 4 rings (SSSR count). The number of ether oxygens (including phenoxy) is 1. The number of carbonyl (C=O) groups is 1. The van der Waals surface area contributed by atoms with Gasteiger partial charge in [0.05, 0.1) is 12.5 Å². The Bertz CT molecular complexity index is 1140. The van der Waals surface area contributed by atoms with Crippen LogP contribution in [0, 0.1) is 17.5 Å². The van der Waals surface area contributed by atoms with E-state index in [0.717, 1.165) is 11.0 Å². The van der Waals surface area contributed by atoms with E-state index in [1.807, 2.05) is 30.3 Å². The van der Waals surface area contributed by atoms with Crippen molar-refractivity contribution in [1.29, 1.82) is 0 Å². The number of hydrogen-bond donors (Lipinski definition) is 1. The molecule has 0 aliphatic carbocycles. The number of benzene rings is 2. The van der Waals surface area contributed by atoms with Gasteiger partial charge >= 0.3 is 5.97 Å². The molecular formula is C22H16F3NO3S. The summed E-state index contributed by atoms with van der Waals surface area (Å²) in [5.41, 5.74) is 0.238. The van der Waals surface area contributed by atoms with Crippen molar-refractivity contribution in [2.75, 3.05) is 0 Å². The Morgan fingerprint density at radius 2 is 1.93 bits per heavy atom. The molecule has 1 aliphatic heterocycles. The minimum absolute atomic E-state index is 0.0545. The maximum atomic E-state index is 14.3. The molecule has 0 spiro atoms. The van der Waals surface area contributed by atoms with Gasteiger partial charge in [-0.1, -0.05) is 36.0 Å². The predicted molar refractivity (Wildman–Crippen MR) is 106 cm³/mol. The van der Waals surface area contributed by atoms with Crippen molar-refractivity contribution in [1.82, 2.24) is 4.98 Å². The van der Waals surface area contributed by atoms with E-state index in [9.17, 15) is 23.1 Å². The molecule has 0 bridgehead atoms.